The van der Waals surface area contributed by atoms with Crippen molar-refractivity contribution >= 4 is 40.5 Å². The topological polar surface area (TPSA) is 155 Å². The van der Waals surface area contributed by atoms with Crippen LogP contribution in [-0.2, 0) is 32.9 Å². The average Bonchev–Trinajstić information content (AvgIpc) is 3.41. The zero-order valence-corrected chi connectivity index (χ0v) is 22.9. The summed E-state index contributed by atoms with van der Waals surface area (Å²) in [5.74, 6) is -0.348. The molecule has 0 fully saturated rings. The number of amides is 1. The summed E-state index contributed by atoms with van der Waals surface area (Å²) in [6, 6.07) is 22.5. The molecule has 2 aromatic heterocycles. The smallest absolute Gasteiger partial charge is 0.422 e. The first-order chi connectivity index (χ1) is 18.9. The molecule has 0 atom stereocenters. The van der Waals surface area contributed by atoms with Crippen molar-refractivity contribution in [1.82, 2.24) is 13.7 Å². The molecule has 40 heavy (non-hydrogen) atoms. The van der Waals surface area contributed by atoms with Crippen LogP contribution in [0.25, 0.3) is 11.1 Å². The van der Waals surface area contributed by atoms with Crippen molar-refractivity contribution in [2.45, 2.75) is 13.2 Å². The van der Waals surface area contributed by atoms with Gasteiger partial charge in [-0.15, -0.1) is 12.4 Å². The van der Waals surface area contributed by atoms with Crippen molar-refractivity contribution in [2.24, 2.45) is 5.73 Å². The summed E-state index contributed by atoms with van der Waals surface area (Å²) in [6.45, 7) is 0.713. The van der Waals surface area contributed by atoms with Crippen LogP contribution in [0, 0.1) is 0 Å². The van der Waals surface area contributed by atoms with E-state index in [1.807, 2.05) is 10.8 Å². The highest BCUT2D eigenvalue weighted by Crippen LogP contribution is 2.27. The van der Waals surface area contributed by atoms with Crippen molar-refractivity contribution in [1.29, 1.82) is 0 Å². The molecule has 0 aliphatic carbocycles. The number of carbonyl (C=O) groups is 2. The van der Waals surface area contributed by atoms with Gasteiger partial charge in [-0.2, -0.15) is 8.42 Å². The zero-order valence-electron chi connectivity index (χ0n) is 21.2. The maximum Gasteiger partial charge on any atom is 0.422 e. The second kappa shape index (κ2) is 14.1. The molecule has 4 aromatic rings. The van der Waals surface area contributed by atoms with Crippen LogP contribution in [0.4, 0.5) is 10.6 Å². The van der Waals surface area contributed by atoms with E-state index in [4.69, 9.17) is 15.2 Å². The van der Waals surface area contributed by atoms with Crippen LogP contribution in [0.15, 0.2) is 91.3 Å². The normalized spacial score (nSPS) is 10.7. The standard InChI is InChI=1S/C27H27N5O6S.ClH/c28-14-15-29-24-12-11-22(17-30-24)23-13-16-32(25(23)26(33)37-18-20-7-3-1-4-8-20)39(35,36)31-27(34)38-19-21-9-5-2-6-10-21;/h1-13,16-17H,14-15,18-19,28H2,(H,29,30)(H,31,34);1H. The Hall–Kier alpha value is -4.39. The highest BCUT2D eigenvalue weighted by Gasteiger charge is 2.28. The van der Waals surface area contributed by atoms with Gasteiger partial charge in [0.15, 0.2) is 5.69 Å². The van der Waals surface area contributed by atoms with Gasteiger partial charge in [-0.25, -0.2) is 23.3 Å². The van der Waals surface area contributed by atoms with E-state index in [1.165, 1.54) is 12.3 Å². The van der Waals surface area contributed by atoms with Gasteiger partial charge >= 0.3 is 22.3 Å². The van der Waals surface area contributed by atoms with E-state index in [-0.39, 0.29) is 36.9 Å². The lowest BCUT2D eigenvalue weighted by molar-refractivity contribution is 0.0465. The lowest BCUT2D eigenvalue weighted by atomic mass is 10.1. The van der Waals surface area contributed by atoms with E-state index >= 15 is 0 Å². The Bertz CT molecular complexity index is 1510. The van der Waals surface area contributed by atoms with Crippen LogP contribution in [0.3, 0.4) is 0 Å². The third kappa shape index (κ3) is 7.82. The second-order valence-corrected chi connectivity index (χ2v) is 9.80. The van der Waals surface area contributed by atoms with Crippen LogP contribution in [0.2, 0.25) is 0 Å². The lowest BCUT2D eigenvalue weighted by Gasteiger charge is -2.13. The third-order valence-electron chi connectivity index (χ3n) is 5.47. The second-order valence-electron chi connectivity index (χ2n) is 8.25. The number of pyridine rings is 1. The molecule has 0 saturated heterocycles. The fourth-order valence-corrected chi connectivity index (χ4v) is 4.61. The van der Waals surface area contributed by atoms with Crippen molar-refractivity contribution in [3.8, 4) is 11.1 Å². The van der Waals surface area contributed by atoms with Gasteiger partial charge in [0.05, 0.1) is 0 Å². The summed E-state index contributed by atoms with van der Waals surface area (Å²) < 4.78 is 39.3. The molecular weight excluding hydrogens is 558 g/mol. The minimum atomic E-state index is -4.59. The molecule has 210 valence electrons. The molecule has 0 aliphatic rings. The molecule has 0 saturated carbocycles. The number of hydrogen-bond donors (Lipinski definition) is 3. The van der Waals surface area contributed by atoms with Gasteiger partial charge in [-0.3, -0.25) is 0 Å². The first kappa shape index (κ1) is 30.2. The Morgan fingerprint density at radius 3 is 2.08 bits per heavy atom. The number of nitrogens with one attached hydrogen (secondary N) is 2. The molecule has 0 spiro atoms. The van der Waals surface area contributed by atoms with Crippen LogP contribution in [0.5, 0.6) is 0 Å². The molecule has 1 amide bonds. The molecular formula is C27H28ClN5O6S. The molecule has 4 N–H and O–H groups in total. The highest BCUT2D eigenvalue weighted by molar-refractivity contribution is 7.88. The zero-order chi connectivity index (χ0) is 27.7. The van der Waals surface area contributed by atoms with E-state index in [9.17, 15) is 18.0 Å². The summed E-state index contributed by atoms with van der Waals surface area (Å²) in [4.78, 5) is 29.9. The van der Waals surface area contributed by atoms with Crippen molar-refractivity contribution < 1.29 is 27.5 Å². The Morgan fingerprint density at radius 2 is 1.50 bits per heavy atom. The number of hydrogen-bond acceptors (Lipinski definition) is 9. The van der Waals surface area contributed by atoms with Crippen LogP contribution in [0.1, 0.15) is 21.6 Å². The number of anilines is 1. The molecule has 0 aliphatic heterocycles. The molecule has 4 rings (SSSR count). The molecule has 13 heteroatoms. The van der Waals surface area contributed by atoms with Gasteiger partial charge in [-0.1, -0.05) is 60.7 Å². The van der Waals surface area contributed by atoms with Gasteiger partial charge < -0.3 is 20.5 Å². The number of ether oxygens (including phenoxy) is 2. The van der Waals surface area contributed by atoms with E-state index < -0.39 is 22.3 Å². The first-order valence-corrected chi connectivity index (χ1v) is 13.4. The number of nitrogens with two attached hydrogens (primary N) is 1. The minimum Gasteiger partial charge on any atom is -0.456 e. The van der Waals surface area contributed by atoms with Crippen molar-refractivity contribution in [2.75, 3.05) is 18.4 Å². The van der Waals surface area contributed by atoms with Gasteiger partial charge in [0.2, 0.25) is 0 Å². The van der Waals surface area contributed by atoms with Crippen molar-refractivity contribution in [3.05, 3.63) is 108 Å². The average molecular weight is 586 g/mol. The van der Waals surface area contributed by atoms with Crippen LogP contribution < -0.4 is 15.8 Å². The molecule has 2 aromatic carbocycles. The summed E-state index contributed by atoms with van der Waals surface area (Å²) in [5.41, 5.74) is 7.30. The Kier molecular flexibility index (Phi) is 10.6. The van der Waals surface area contributed by atoms with E-state index in [0.717, 1.165) is 6.20 Å². The summed E-state index contributed by atoms with van der Waals surface area (Å²) in [6.07, 6.45) is 1.44. The number of halogens is 1. The first-order valence-electron chi connectivity index (χ1n) is 11.9. The van der Waals surface area contributed by atoms with Gasteiger partial charge in [0, 0.05) is 36.6 Å². The molecule has 11 nitrogen and oxygen atoms in total. The Morgan fingerprint density at radius 1 is 0.875 bits per heavy atom. The fourth-order valence-electron chi connectivity index (χ4n) is 3.60. The molecule has 2 heterocycles. The minimum absolute atomic E-state index is 0. The Labute approximate surface area is 237 Å². The Balaban J connectivity index is 0.00000441. The molecule has 0 unspecified atom stereocenters. The monoisotopic (exact) mass is 585 g/mol. The van der Waals surface area contributed by atoms with E-state index in [1.54, 1.807) is 66.7 Å². The van der Waals surface area contributed by atoms with Crippen LogP contribution >= 0.6 is 12.4 Å². The number of nitrogens with zero attached hydrogens (tertiary/aromatic N) is 2. The number of benzene rings is 2. The largest absolute Gasteiger partial charge is 0.456 e. The number of esters is 1. The summed E-state index contributed by atoms with van der Waals surface area (Å²) in [7, 11) is -4.59. The maximum absolute atomic E-state index is 13.2. The van der Waals surface area contributed by atoms with Crippen molar-refractivity contribution in [3.63, 3.8) is 0 Å². The summed E-state index contributed by atoms with van der Waals surface area (Å²) in [5, 5.41) is 3.03. The third-order valence-corrected chi connectivity index (χ3v) is 6.71. The van der Waals surface area contributed by atoms with Gasteiger partial charge in [-0.05, 0) is 29.3 Å². The maximum atomic E-state index is 13.2. The van der Waals surface area contributed by atoms with E-state index in [0.29, 0.717) is 39.6 Å². The quantitative estimate of drug-likeness (QED) is 0.223. The van der Waals surface area contributed by atoms with Gasteiger partial charge in [0.1, 0.15) is 19.0 Å². The SMILES string of the molecule is Cl.NCCNc1ccc(-c2ccn(S(=O)(=O)NC(=O)OCc3ccccc3)c2C(=O)OCc2ccccc2)cn1. The predicted molar refractivity (Wildman–Crippen MR) is 152 cm³/mol. The summed E-state index contributed by atoms with van der Waals surface area (Å²) >= 11 is 0. The fraction of sp³-hybridized carbons (Fsp3) is 0.148. The number of aromatic nitrogens is 2. The van der Waals surface area contributed by atoms with Gasteiger partial charge in [0.25, 0.3) is 0 Å². The number of carbonyl (C=O) groups excluding carboxylic acids is 2. The number of rotatable bonds is 11. The highest BCUT2D eigenvalue weighted by atomic mass is 35.5. The predicted octanol–water partition coefficient (Wildman–Crippen LogP) is 3.72. The van der Waals surface area contributed by atoms with E-state index in [2.05, 4.69) is 10.3 Å². The molecule has 0 radical (unpaired) electrons. The lowest BCUT2D eigenvalue weighted by Crippen LogP contribution is -2.36. The molecule has 0 bridgehead atoms. The van der Waals surface area contributed by atoms with Crippen LogP contribution in [-0.4, -0.2) is 42.5 Å².